The van der Waals surface area contributed by atoms with E-state index in [-0.39, 0.29) is 0 Å². The Morgan fingerprint density at radius 3 is 1.73 bits per heavy atom. The summed E-state index contributed by atoms with van der Waals surface area (Å²) in [7, 11) is 0. The molecule has 14 unspecified atom stereocenters. The Labute approximate surface area is 224 Å². The molecule has 11 N–H and O–H groups in total. The molecule has 0 amide bonds. The van der Waals surface area contributed by atoms with Crippen molar-refractivity contribution in [2.75, 3.05) is 19.8 Å². The number of hydrogen-bond acceptors (Lipinski definition) is 17. The van der Waals surface area contributed by atoms with Crippen LogP contribution in [0.3, 0.4) is 0 Å². The molecule has 0 radical (unpaired) electrons. The number of ether oxygens (including phenoxy) is 6. The summed E-state index contributed by atoms with van der Waals surface area (Å²) in [5, 5.41) is 110. The molecule has 0 spiro atoms. The van der Waals surface area contributed by atoms with Crippen LogP contribution in [0.1, 0.15) is 0 Å². The van der Waals surface area contributed by atoms with Crippen molar-refractivity contribution in [1.82, 2.24) is 0 Å². The Bertz CT molecular complexity index is 899. The Balaban J connectivity index is 1.82. The van der Waals surface area contributed by atoms with Gasteiger partial charge in [-0.05, 0) is 6.08 Å². The van der Waals surface area contributed by atoms with Crippen molar-refractivity contribution < 1.29 is 94.2 Å². The molecule has 14 atom stereocenters. The molecule has 3 aliphatic heterocycles. The molecule has 19 heteroatoms. The fourth-order valence-corrected chi connectivity index (χ4v) is 4.18. The summed E-state index contributed by atoms with van der Waals surface area (Å²) in [5.74, 6) is -4.08. The van der Waals surface area contributed by atoms with Gasteiger partial charge in [0.2, 0.25) is 12.0 Å². The van der Waals surface area contributed by atoms with Gasteiger partial charge < -0.3 is 84.6 Å². The largest absolute Gasteiger partial charge is 0.479 e. The van der Waals surface area contributed by atoms with Gasteiger partial charge in [-0.25, -0.2) is 9.59 Å². The molecule has 2 saturated heterocycles. The lowest BCUT2D eigenvalue weighted by atomic mass is 9.96. The van der Waals surface area contributed by atoms with Crippen molar-refractivity contribution in [2.45, 2.75) is 86.0 Å². The van der Waals surface area contributed by atoms with Gasteiger partial charge in [0, 0.05) is 0 Å². The van der Waals surface area contributed by atoms with Crippen LogP contribution in [-0.4, -0.2) is 174 Å². The molecule has 40 heavy (non-hydrogen) atoms. The van der Waals surface area contributed by atoms with Crippen molar-refractivity contribution in [3.63, 3.8) is 0 Å². The Hall–Kier alpha value is -2.08. The van der Waals surface area contributed by atoms with E-state index in [1.807, 2.05) is 0 Å². The van der Waals surface area contributed by atoms with E-state index in [1.165, 1.54) is 0 Å². The van der Waals surface area contributed by atoms with E-state index in [0.29, 0.717) is 6.08 Å². The lowest BCUT2D eigenvalue weighted by Crippen LogP contribution is -2.66. The standard InChI is InChI=1S/C21H32O19/c22-2-7-11(27)15(13(29)20(36-7)38-9(4-24)18(33)34)40-21-14(30)16(12(28)8(3-23)37-21)39-19-10(26)5(25)1-6(35-19)17(31)32/h1,5,7-16,19-30H,2-4H2,(H,31,32)(H,33,34). The second-order valence-electron chi connectivity index (χ2n) is 9.06. The van der Waals surface area contributed by atoms with E-state index >= 15 is 0 Å². The zero-order valence-corrected chi connectivity index (χ0v) is 20.5. The molecule has 0 aliphatic carbocycles. The highest BCUT2D eigenvalue weighted by Gasteiger charge is 2.53. The first-order chi connectivity index (χ1) is 18.8. The van der Waals surface area contributed by atoms with Crippen LogP contribution in [0.2, 0.25) is 0 Å². The van der Waals surface area contributed by atoms with Crippen molar-refractivity contribution in [2.24, 2.45) is 0 Å². The van der Waals surface area contributed by atoms with Crippen LogP contribution in [-0.2, 0) is 38.0 Å². The third-order valence-electron chi connectivity index (χ3n) is 6.37. The summed E-state index contributed by atoms with van der Waals surface area (Å²) < 4.78 is 31.4. The van der Waals surface area contributed by atoms with Crippen molar-refractivity contribution in [3.05, 3.63) is 11.8 Å². The van der Waals surface area contributed by atoms with E-state index in [4.69, 9.17) is 38.6 Å². The molecule has 19 nitrogen and oxygen atoms in total. The summed E-state index contributed by atoms with van der Waals surface area (Å²) in [4.78, 5) is 22.5. The summed E-state index contributed by atoms with van der Waals surface area (Å²) in [6, 6.07) is 0. The van der Waals surface area contributed by atoms with Crippen LogP contribution in [0.4, 0.5) is 0 Å². The number of hydrogen-bond donors (Lipinski definition) is 11. The minimum absolute atomic E-state index is 0.682. The fraction of sp³-hybridized carbons (Fsp3) is 0.810. The molecule has 0 aromatic heterocycles. The molecule has 0 bridgehead atoms. The third-order valence-corrected chi connectivity index (χ3v) is 6.37. The van der Waals surface area contributed by atoms with Gasteiger partial charge in [0.25, 0.3) is 0 Å². The number of carboxylic acids is 2. The Morgan fingerprint density at radius 1 is 0.750 bits per heavy atom. The molecule has 3 aliphatic rings. The maximum atomic E-state index is 11.3. The predicted octanol–water partition coefficient (Wildman–Crippen LogP) is -6.86. The molecule has 0 aromatic carbocycles. The Kier molecular flexibility index (Phi) is 11.1. The molecule has 2 fully saturated rings. The van der Waals surface area contributed by atoms with Crippen LogP contribution < -0.4 is 0 Å². The van der Waals surface area contributed by atoms with Crippen molar-refractivity contribution in [1.29, 1.82) is 0 Å². The third kappa shape index (κ3) is 6.86. The molecule has 3 rings (SSSR count). The van der Waals surface area contributed by atoms with Crippen molar-refractivity contribution in [3.8, 4) is 0 Å². The first kappa shape index (κ1) is 32.4. The van der Waals surface area contributed by atoms with Gasteiger partial charge in [-0.2, -0.15) is 0 Å². The second-order valence-corrected chi connectivity index (χ2v) is 9.06. The average molecular weight is 588 g/mol. The van der Waals surface area contributed by atoms with Crippen molar-refractivity contribution >= 4 is 11.9 Å². The minimum atomic E-state index is -2.07. The molecular formula is C21H32O19. The highest BCUT2D eigenvalue weighted by Crippen LogP contribution is 2.32. The summed E-state index contributed by atoms with van der Waals surface area (Å²) >= 11 is 0. The van der Waals surface area contributed by atoms with Gasteiger partial charge in [-0.15, -0.1) is 0 Å². The fourth-order valence-electron chi connectivity index (χ4n) is 4.18. The lowest BCUT2D eigenvalue weighted by molar-refractivity contribution is -0.373. The lowest BCUT2D eigenvalue weighted by Gasteiger charge is -2.47. The van der Waals surface area contributed by atoms with E-state index in [9.17, 15) is 55.5 Å². The number of aliphatic hydroxyl groups excluding tert-OH is 9. The van der Waals surface area contributed by atoms with E-state index in [0.717, 1.165) is 0 Å². The normalized spacial score (nSPS) is 42.9. The maximum Gasteiger partial charge on any atom is 0.371 e. The minimum Gasteiger partial charge on any atom is -0.479 e. The number of aliphatic hydroxyl groups is 9. The monoisotopic (exact) mass is 588 g/mol. The second kappa shape index (κ2) is 13.7. The van der Waals surface area contributed by atoms with Gasteiger partial charge in [0.05, 0.1) is 19.8 Å². The first-order valence-corrected chi connectivity index (χ1v) is 11.9. The number of rotatable bonds is 11. The average Bonchev–Trinajstić information content (AvgIpc) is 2.91. The zero-order valence-electron chi connectivity index (χ0n) is 20.5. The number of aliphatic carboxylic acids is 2. The summed E-state index contributed by atoms with van der Waals surface area (Å²) in [5.41, 5.74) is 0. The van der Waals surface area contributed by atoms with Crippen LogP contribution in [0.15, 0.2) is 11.8 Å². The predicted molar refractivity (Wildman–Crippen MR) is 117 cm³/mol. The van der Waals surface area contributed by atoms with Crippen LogP contribution in [0, 0.1) is 0 Å². The highest BCUT2D eigenvalue weighted by molar-refractivity contribution is 5.84. The molecule has 0 saturated carbocycles. The molecule has 0 aromatic rings. The van der Waals surface area contributed by atoms with E-state index in [2.05, 4.69) is 0 Å². The summed E-state index contributed by atoms with van der Waals surface area (Å²) in [6.45, 7) is -2.84. The molecule has 230 valence electrons. The van der Waals surface area contributed by atoms with E-state index in [1.54, 1.807) is 0 Å². The van der Waals surface area contributed by atoms with Gasteiger partial charge in [-0.1, -0.05) is 0 Å². The smallest absolute Gasteiger partial charge is 0.371 e. The topological polar surface area (TPSA) is 312 Å². The first-order valence-electron chi connectivity index (χ1n) is 11.9. The molecular weight excluding hydrogens is 556 g/mol. The Morgan fingerprint density at radius 2 is 1.25 bits per heavy atom. The number of carbonyl (C=O) groups is 2. The quantitative estimate of drug-likeness (QED) is 0.107. The highest BCUT2D eigenvalue weighted by atomic mass is 16.8. The van der Waals surface area contributed by atoms with Gasteiger partial charge in [-0.3, -0.25) is 0 Å². The maximum absolute atomic E-state index is 11.3. The van der Waals surface area contributed by atoms with E-state index < -0.39 is 124 Å². The van der Waals surface area contributed by atoms with Crippen LogP contribution >= 0.6 is 0 Å². The zero-order chi connectivity index (χ0) is 29.9. The van der Waals surface area contributed by atoms with Crippen LogP contribution in [0.5, 0.6) is 0 Å². The SMILES string of the molecule is O=C(O)C1=CC(O)C(O)C(OC2C(O)C(CO)OC(OC3C(O)C(CO)OC(OC(CO)C(=O)O)C3O)C2O)O1. The van der Waals surface area contributed by atoms with Gasteiger partial charge >= 0.3 is 11.9 Å². The van der Waals surface area contributed by atoms with Gasteiger partial charge in [0.15, 0.2) is 18.7 Å². The summed E-state index contributed by atoms with van der Waals surface area (Å²) in [6.07, 6.45) is -25.3. The van der Waals surface area contributed by atoms with Gasteiger partial charge in [0.1, 0.15) is 61.0 Å². The number of carboxylic acid groups (broad SMARTS) is 2. The van der Waals surface area contributed by atoms with Crippen LogP contribution in [0.25, 0.3) is 0 Å². The molecule has 3 heterocycles.